The van der Waals surface area contributed by atoms with Crippen LogP contribution >= 0.6 is 0 Å². The molecule has 21 heavy (non-hydrogen) atoms. The molecule has 0 aliphatic carbocycles. The van der Waals surface area contributed by atoms with Gasteiger partial charge in [-0.25, -0.2) is 9.97 Å². The second-order valence-corrected chi connectivity index (χ2v) is 5.74. The Morgan fingerprint density at radius 2 is 2.24 bits per heavy atom. The summed E-state index contributed by atoms with van der Waals surface area (Å²) in [6.07, 6.45) is 2.44. The first-order valence-corrected chi connectivity index (χ1v) is 7.66. The summed E-state index contributed by atoms with van der Waals surface area (Å²) in [5.74, 6) is 2.63. The average molecular weight is 293 g/mol. The van der Waals surface area contributed by atoms with Crippen LogP contribution in [0.25, 0.3) is 0 Å². The number of ether oxygens (including phenoxy) is 1. The lowest BCUT2D eigenvalue weighted by molar-refractivity contribution is 0.178. The van der Waals surface area contributed by atoms with Gasteiger partial charge in [0, 0.05) is 38.9 Å². The molecule has 1 atom stereocenters. The van der Waals surface area contributed by atoms with Crippen LogP contribution < -0.4 is 10.2 Å². The second kappa shape index (κ2) is 7.56. The van der Waals surface area contributed by atoms with Crippen molar-refractivity contribution in [1.82, 2.24) is 14.9 Å². The third kappa shape index (κ3) is 4.28. The van der Waals surface area contributed by atoms with Gasteiger partial charge in [-0.3, -0.25) is 0 Å². The van der Waals surface area contributed by atoms with Crippen molar-refractivity contribution in [2.75, 3.05) is 51.1 Å². The van der Waals surface area contributed by atoms with Crippen LogP contribution in [-0.2, 0) is 11.3 Å². The van der Waals surface area contributed by atoms with E-state index in [4.69, 9.17) is 4.74 Å². The number of nitrogens with zero attached hydrogens (tertiary/aromatic N) is 4. The Kier molecular flexibility index (Phi) is 5.76. The molecule has 1 aromatic rings. The van der Waals surface area contributed by atoms with Crippen LogP contribution in [0.4, 0.5) is 11.6 Å². The first kappa shape index (κ1) is 16.0. The first-order chi connectivity index (χ1) is 10.1. The van der Waals surface area contributed by atoms with Crippen molar-refractivity contribution in [3.05, 3.63) is 11.9 Å². The average Bonchev–Trinajstić information content (AvgIpc) is 2.86. The van der Waals surface area contributed by atoms with Crippen LogP contribution in [0.1, 0.15) is 25.6 Å². The van der Waals surface area contributed by atoms with Gasteiger partial charge in [0.15, 0.2) is 5.82 Å². The molecule has 1 aromatic heterocycles. The Bertz CT molecular complexity index is 427. The summed E-state index contributed by atoms with van der Waals surface area (Å²) in [5, 5.41) is 3.28. The molecule has 1 unspecified atom stereocenters. The quantitative estimate of drug-likeness (QED) is 0.824. The summed E-state index contributed by atoms with van der Waals surface area (Å²) in [6, 6.07) is 2.58. The monoisotopic (exact) mass is 293 g/mol. The predicted octanol–water partition coefficient (Wildman–Crippen LogP) is 1.59. The van der Waals surface area contributed by atoms with E-state index in [9.17, 15) is 0 Å². The third-order valence-electron chi connectivity index (χ3n) is 3.64. The maximum absolute atomic E-state index is 5.19. The van der Waals surface area contributed by atoms with E-state index in [0.717, 1.165) is 37.1 Å². The van der Waals surface area contributed by atoms with E-state index < -0.39 is 0 Å². The molecule has 0 amide bonds. The fourth-order valence-corrected chi connectivity index (χ4v) is 2.84. The lowest BCUT2D eigenvalue weighted by Gasteiger charge is -2.28. The minimum atomic E-state index is 0.443. The molecule has 6 heteroatoms. The normalized spacial score (nSPS) is 18.5. The van der Waals surface area contributed by atoms with Gasteiger partial charge >= 0.3 is 0 Å². The van der Waals surface area contributed by atoms with Gasteiger partial charge in [-0.2, -0.15) is 0 Å². The minimum Gasteiger partial charge on any atom is -0.377 e. The molecular formula is C15H27N5O. The summed E-state index contributed by atoms with van der Waals surface area (Å²) >= 11 is 0. The van der Waals surface area contributed by atoms with Crippen molar-refractivity contribution in [2.24, 2.45) is 0 Å². The smallest absolute Gasteiger partial charge is 0.158 e. The molecule has 0 spiro atoms. The maximum atomic E-state index is 5.19. The Labute approximate surface area is 127 Å². The van der Waals surface area contributed by atoms with Crippen molar-refractivity contribution < 1.29 is 4.74 Å². The van der Waals surface area contributed by atoms with Gasteiger partial charge < -0.3 is 19.9 Å². The molecule has 0 radical (unpaired) electrons. The topological polar surface area (TPSA) is 53.5 Å². The van der Waals surface area contributed by atoms with Crippen LogP contribution in [0.5, 0.6) is 0 Å². The zero-order valence-corrected chi connectivity index (χ0v) is 13.6. The van der Waals surface area contributed by atoms with Gasteiger partial charge in [-0.15, -0.1) is 0 Å². The summed E-state index contributed by atoms with van der Waals surface area (Å²) in [4.78, 5) is 13.8. The molecule has 1 saturated heterocycles. The van der Waals surface area contributed by atoms with Crippen LogP contribution in [0.3, 0.4) is 0 Å². The highest BCUT2D eigenvalue weighted by Gasteiger charge is 2.26. The molecule has 118 valence electrons. The Morgan fingerprint density at radius 3 is 2.90 bits per heavy atom. The van der Waals surface area contributed by atoms with Gasteiger partial charge in [0.1, 0.15) is 18.2 Å². The minimum absolute atomic E-state index is 0.443. The van der Waals surface area contributed by atoms with E-state index in [1.54, 1.807) is 7.11 Å². The fraction of sp³-hybridized carbons (Fsp3) is 0.733. The van der Waals surface area contributed by atoms with E-state index in [2.05, 4.69) is 52.2 Å². The molecule has 2 rings (SSSR count). The van der Waals surface area contributed by atoms with Crippen LogP contribution in [-0.4, -0.2) is 61.7 Å². The van der Waals surface area contributed by atoms with Gasteiger partial charge in [-0.1, -0.05) is 0 Å². The van der Waals surface area contributed by atoms with E-state index in [-0.39, 0.29) is 0 Å². The van der Waals surface area contributed by atoms with Crippen molar-refractivity contribution in [3.63, 3.8) is 0 Å². The number of hydrogen-bond donors (Lipinski definition) is 1. The summed E-state index contributed by atoms with van der Waals surface area (Å²) in [5.41, 5.74) is 0. The number of aromatic nitrogens is 2. The molecule has 1 aliphatic rings. The van der Waals surface area contributed by atoms with Crippen molar-refractivity contribution in [2.45, 2.75) is 32.4 Å². The lowest BCUT2D eigenvalue weighted by atomic mass is 10.2. The third-order valence-corrected chi connectivity index (χ3v) is 3.64. The lowest BCUT2D eigenvalue weighted by Crippen LogP contribution is -2.38. The zero-order chi connectivity index (χ0) is 15.2. The van der Waals surface area contributed by atoms with Gasteiger partial charge in [0.25, 0.3) is 0 Å². The molecule has 1 N–H and O–H groups in total. The molecule has 1 aliphatic heterocycles. The number of nitrogens with one attached hydrogen (secondary N) is 1. The fourth-order valence-electron chi connectivity index (χ4n) is 2.84. The molecule has 0 aromatic carbocycles. The highest BCUT2D eigenvalue weighted by atomic mass is 16.5. The SMILES string of the molecule is CCNc1cc(N2CCCC2CN(C)C)nc(COC)n1. The zero-order valence-electron chi connectivity index (χ0n) is 13.6. The van der Waals surface area contributed by atoms with E-state index in [0.29, 0.717) is 12.6 Å². The van der Waals surface area contributed by atoms with E-state index in [1.807, 2.05) is 0 Å². The van der Waals surface area contributed by atoms with E-state index in [1.165, 1.54) is 12.8 Å². The van der Waals surface area contributed by atoms with Gasteiger partial charge in [0.05, 0.1) is 0 Å². The summed E-state index contributed by atoms with van der Waals surface area (Å²) in [7, 11) is 5.92. The van der Waals surface area contributed by atoms with Gasteiger partial charge in [0.2, 0.25) is 0 Å². The predicted molar refractivity (Wildman–Crippen MR) is 85.8 cm³/mol. The second-order valence-electron chi connectivity index (χ2n) is 5.74. The standard InChI is InChI=1S/C15H27N5O/c1-5-16-13-9-15(18-14(17-13)11-21-4)20-8-6-7-12(20)10-19(2)3/h9,12H,5-8,10-11H2,1-4H3,(H,16,17,18). The number of anilines is 2. The van der Waals surface area contributed by atoms with Crippen LogP contribution in [0, 0.1) is 0 Å². The largest absolute Gasteiger partial charge is 0.377 e. The highest BCUT2D eigenvalue weighted by Crippen LogP contribution is 2.26. The van der Waals surface area contributed by atoms with Crippen molar-refractivity contribution in [3.8, 4) is 0 Å². The molecular weight excluding hydrogens is 266 g/mol. The highest BCUT2D eigenvalue weighted by molar-refractivity contribution is 5.50. The Hall–Kier alpha value is -1.40. The summed E-state index contributed by atoms with van der Waals surface area (Å²) in [6.45, 7) is 5.48. The Morgan fingerprint density at radius 1 is 1.43 bits per heavy atom. The number of rotatable bonds is 7. The molecule has 0 saturated carbocycles. The maximum Gasteiger partial charge on any atom is 0.158 e. The van der Waals surface area contributed by atoms with E-state index >= 15 is 0 Å². The van der Waals surface area contributed by atoms with Crippen molar-refractivity contribution in [1.29, 1.82) is 0 Å². The Balaban J connectivity index is 2.23. The molecule has 6 nitrogen and oxygen atoms in total. The number of methoxy groups -OCH3 is 1. The number of likely N-dealkylation sites (N-methyl/N-ethyl adjacent to an activating group) is 1. The first-order valence-electron chi connectivity index (χ1n) is 7.66. The van der Waals surface area contributed by atoms with Crippen LogP contribution in [0.15, 0.2) is 6.07 Å². The molecule has 1 fully saturated rings. The molecule has 2 heterocycles. The van der Waals surface area contributed by atoms with Gasteiger partial charge in [-0.05, 0) is 33.9 Å². The van der Waals surface area contributed by atoms with Crippen LogP contribution in [0.2, 0.25) is 0 Å². The number of hydrogen-bond acceptors (Lipinski definition) is 6. The summed E-state index contributed by atoms with van der Waals surface area (Å²) < 4.78 is 5.19. The van der Waals surface area contributed by atoms with Crippen molar-refractivity contribution >= 4 is 11.6 Å². The molecule has 0 bridgehead atoms.